The topological polar surface area (TPSA) is 40.5 Å². The van der Waals surface area contributed by atoms with Crippen molar-refractivity contribution in [2.24, 2.45) is 5.92 Å². The molecule has 58 valence electrons. The van der Waals surface area contributed by atoms with E-state index in [-0.39, 0.29) is 18.9 Å². The highest BCUT2D eigenvalue weighted by Crippen LogP contribution is 2.19. The third-order valence-corrected chi connectivity index (χ3v) is 1.71. The second-order valence-electron chi connectivity index (χ2n) is 2.57. The zero-order chi connectivity index (χ0) is 7.56. The quantitative estimate of drug-likeness (QED) is 0.521. The zero-order valence-corrected chi connectivity index (χ0v) is 5.57. The SMILES string of the molecule is OCC1C=CC(O)C(F)C1. The molecule has 0 heterocycles. The van der Waals surface area contributed by atoms with Gasteiger partial charge in [-0.2, -0.15) is 0 Å². The summed E-state index contributed by atoms with van der Waals surface area (Å²) < 4.78 is 12.6. The van der Waals surface area contributed by atoms with Crippen LogP contribution in [0.25, 0.3) is 0 Å². The van der Waals surface area contributed by atoms with E-state index in [4.69, 9.17) is 10.2 Å². The van der Waals surface area contributed by atoms with Crippen LogP contribution in [0, 0.1) is 5.92 Å². The van der Waals surface area contributed by atoms with Crippen molar-refractivity contribution in [1.29, 1.82) is 0 Å². The smallest absolute Gasteiger partial charge is 0.130 e. The molecule has 0 aromatic heterocycles. The van der Waals surface area contributed by atoms with Crippen molar-refractivity contribution >= 4 is 0 Å². The summed E-state index contributed by atoms with van der Waals surface area (Å²) in [6.07, 6.45) is 1.11. The average molecular weight is 146 g/mol. The highest BCUT2D eigenvalue weighted by molar-refractivity contribution is 5.02. The summed E-state index contributed by atoms with van der Waals surface area (Å²) in [6.45, 7) is -0.0381. The fourth-order valence-electron chi connectivity index (χ4n) is 1.03. The van der Waals surface area contributed by atoms with Gasteiger partial charge < -0.3 is 10.2 Å². The van der Waals surface area contributed by atoms with Gasteiger partial charge in [-0.3, -0.25) is 0 Å². The molecule has 0 saturated carbocycles. The molecule has 3 heteroatoms. The second-order valence-corrected chi connectivity index (χ2v) is 2.57. The van der Waals surface area contributed by atoms with Crippen LogP contribution in [-0.4, -0.2) is 29.1 Å². The van der Waals surface area contributed by atoms with Crippen LogP contribution in [0.5, 0.6) is 0 Å². The van der Waals surface area contributed by atoms with Crippen molar-refractivity contribution in [1.82, 2.24) is 0 Å². The normalized spacial score (nSPS) is 40.1. The minimum atomic E-state index is -1.21. The maximum atomic E-state index is 12.6. The Morgan fingerprint density at radius 1 is 1.50 bits per heavy atom. The highest BCUT2D eigenvalue weighted by Gasteiger charge is 2.23. The molecule has 3 unspecified atom stereocenters. The summed E-state index contributed by atoms with van der Waals surface area (Å²) in [4.78, 5) is 0. The molecule has 0 bridgehead atoms. The van der Waals surface area contributed by atoms with Crippen LogP contribution >= 0.6 is 0 Å². The molecular formula is C7H11FO2. The summed E-state index contributed by atoms with van der Waals surface area (Å²) in [5, 5.41) is 17.4. The van der Waals surface area contributed by atoms with E-state index in [0.717, 1.165) is 0 Å². The van der Waals surface area contributed by atoms with Crippen molar-refractivity contribution in [3.05, 3.63) is 12.2 Å². The third-order valence-electron chi connectivity index (χ3n) is 1.71. The lowest BCUT2D eigenvalue weighted by molar-refractivity contribution is 0.0825. The van der Waals surface area contributed by atoms with Gasteiger partial charge in [0.15, 0.2) is 0 Å². The van der Waals surface area contributed by atoms with Gasteiger partial charge in [-0.15, -0.1) is 0 Å². The molecule has 0 radical (unpaired) electrons. The Morgan fingerprint density at radius 2 is 2.20 bits per heavy atom. The molecule has 3 atom stereocenters. The van der Waals surface area contributed by atoms with Gasteiger partial charge in [0.25, 0.3) is 0 Å². The summed E-state index contributed by atoms with van der Waals surface area (Å²) in [5.41, 5.74) is 0. The Morgan fingerprint density at radius 3 is 2.70 bits per heavy atom. The van der Waals surface area contributed by atoms with Gasteiger partial charge >= 0.3 is 0 Å². The van der Waals surface area contributed by atoms with E-state index in [1.165, 1.54) is 6.08 Å². The standard InChI is InChI=1S/C7H11FO2/c8-6-3-5(4-9)1-2-7(6)10/h1-2,5-7,9-10H,3-4H2. The van der Waals surface area contributed by atoms with Crippen molar-refractivity contribution in [2.75, 3.05) is 6.61 Å². The fourth-order valence-corrected chi connectivity index (χ4v) is 1.03. The predicted molar refractivity (Wildman–Crippen MR) is 35.2 cm³/mol. The first-order valence-corrected chi connectivity index (χ1v) is 3.35. The molecule has 0 fully saturated rings. The van der Waals surface area contributed by atoms with Crippen LogP contribution < -0.4 is 0 Å². The summed E-state index contributed by atoms with van der Waals surface area (Å²) >= 11 is 0. The van der Waals surface area contributed by atoms with Crippen LogP contribution in [-0.2, 0) is 0 Å². The molecule has 0 aromatic carbocycles. The van der Waals surface area contributed by atoms with Gasteiger partial charge in [0.2, 0.25) is 0 Å². The first kappa shape index (κ1) is 7.69. The zero-order valence-electron chi connectivity index (χ0n) is 5.57. The van der Waals surface area contributed by atoms with Gasteiger partial charge in [0, 0.05) is 12.5 Å². The Kier molecular flexibility index (Phi) is 2.40. The second kappa shape index (κ2) is 3.12. The number of halogens is 1. The first-order chi connectivity index (χ1) is 4.74. The maximum absolute atomic E-state index is 12.6. The number of hydrogen-bond donors (Lipinski definition) is 2. The lowest BCUT2D eigenvalue weighted by Gasteiger charge is -2.21. The Bertz CT molecular complexity index is 136. The molecule has 0 aromatic rings. The number of aliphatic hydroxyl groups excluding tert-OH is 2. The lowest BCUT2D eigenvalue weighted by atomic mass is 9.93. The van der Waals surface area contributed by atoms with Crippen LogP contribution in [0.3, 0.4) is 0 Å². The average Bonchev–Trinajstić information content (AvgIpc) is 1.95. The van der Waals surface area contributed by atoms with Gasteiger partial charge in [-0.1, -0.05) is 12.2 Å². The van der Waals surface area contributed by atoms with E-state index >= 15 is 0 Å². The summed E-state index contributed by atoms with van der Waals surface area (Å²) in [5.74, 6) is -0.113. The van der Waals surface area contributed by atoms with Crippen LogP contribution in [0.2, 0.25) is 0 Å². The van der Waals surface area contributed by atoms with Crippen molar-refractivity contribution in [3.8, 4) is 0 Å². The van der Waals surface area contributed by atoms with Crippen molar-refractivity contribution in [3.63, 3.8) is 0 Å². The van der Waals surface area contributed by atoms with Crippen LogP contribution in [0.1, 0.15) is 6.42 Å². The van der Waals surface area contributed by atoms with Crippen LogP contribution in [0.4, 0.5) is 4.39 Å². The highest BCUT2D eigenvalue weighted by atomic mass is 19.1. The number of alkyl halides is 1. The minimum Gasteiger partial charge on any atom is -0.396 e. The molecule has 1 aliphatic rings. The molecule has 10 heavy (non-hydrogen) atoms. The molecule has 0 amide bonds. The Balaban J connectivity index is 2.51. The van der Waals surface area contributed by atoms with Crippen LogP contribution in [0.15, 0.2) is 12.2 Å². The molecule has 1 aliphatic carbocycles. The first-order valence-electron chi connectivity index (χ1n) is 3.35. The Hall–Kier alpha value is -0.410. The van der Waals surface area contributed by atoms with Gasteiger partial charge in [0.05, 0.1) is 0 Å². The van der Waals surface area contributed by atoms with Gasteiger partial charge in [-0.25, -0.2) is 4.39 Å². The van der Waals surface area contributed by atoms with E-state index in [1.54, 1.807) is 6.08 Å². The third kappa shape index (κ3) is 1.55. The van der Waals surface area contributed by atoms with E-state index in [9.17, 15) is 4.39 Å². The maximum Gasteiger partial charge on any atom is 0.130 e. The monoisotopic (exact) mass is 146 g/mol. The largest absolute Gasteiger partial charge is 0.396 e. The molecule has 0 saturated heterocycles. The lowest BCUT2D eigenvalue weighted by Crippen LogP contribution is -2.27. The molecule has 2 N–H and O–H groups in total. The van der Waals surface area contributed by atoms with Gasteiger partial charge in [-0.05, 0) is 6.42 Å². The van der Waals surface area contributed by atoms with E-state index in [0.29, 0.717) is 0 Å². The molecule has 1 rings (SSSR count). The van der Waals surface area contributed by atoms with E-state index in [2.05, 4.69) is 0 Å². The van der Waals surface area contributed by atoms with Gasteiger partial charge in [0.1, 0.15) is 12.3 Å². The molecular weight excluding hydrogens is 135 g/mol. The number of hydrogen-bond acceptors (Lipinski definition) is 2. The predicted octanol–water partition coefficient (Wildman–Crippen LogP) is 0.254. The number of rotatable bonds is 1. The van der Waals surface area contributed by atoms with Crippen molar-refractivity contribution < 1.29 is 14.6 Å². The fraction of sp³-hybridized carbons (Fsp3) is 0.714. The van der Waals surface area contributed by atoms with E-state index in [1.807, 2.05) is 0 Å². The minimum absolute atomic E-state index is 0.0381. The molecule has 0 spiro atoms. The summed E-state index contributed by atoms with van der Waals surface area (Å²) in [6, 6.07) is 0. The summed E-state index contributed by atoms with van der Waals surface area (Å²) in [7, 11) is 0. The Labute approximate surface area is 59.0 Å². The number of aliphatic hydroxyl groups is 2. The van der Waals surface area contributed by atoms with E-state index < -0.39 is 12.3 Å². The molecule has 0 aliphatic heterocycles. The van der Waals surface area contributed by atoms with Crippen molar-refractivity contribution in [2.45, 2.75) is 18.7 Å². The molecule has 2 nitrogen and oxygen atoms in total.